The summed E-state index contributed by atoms with van der Waals surface area (Å²) in [5, 5.41) is 9.33. The maximum Gasteiger partial charge on any atom is 0.364 e. The second-order valence-electron chi connectivity index (χ2n) is 8.21. The summed E-state index contributed by atoms with van der Waals surface area (Å²) in [6, 6.07) is 11.1. The Morgan fingerprint density at radius 3 is 2.05 bits per heavy atom. The van der Waals surface area contributed by atoms with Gasteiger partial charge in [-0.3, -0.25) is 5.10 Å². The Morgan fingerprint density at radius 1 is 0.875 bits per heavy atom. The van der Waals surface area contributed by atoms with Gasteiger partial charge in [0.05, 0.1) is 12.8 Å². The zero-order valence-electron chi connectivity index (χ0n) is 21.4. The average Bonchev–Trinajstić information content (AvgIpc) is 3.55. The van der Waals surface area contributed by atoms with Crippen molar-refractivity contribution in [3.05, 3.63) is 83.2 Å². The zero-order valence-corrected chi connectivity index (χ0v) is 23.0. The molecule has 0 bridgehead atoms. The molecule has 212 valence electrons. The second-order valence-corrected chi connectivity index (χ2v) is 12.2. The van der Waals surface area contributed by atoms with Gasteiger partial charge in [-0.05, 0) is 55.0 Å². The highest BCUT2D eigenvalue weighted by molar-refractivity contribution is 7.90. The third-order valence-corrected chi connectivity index (χ3v) is 7.08. The highest BCUT2D eigenvalue weighted by Crippen LogP contribution is 2.19. The minimum atomic E-state index is -3.61. The van der Waals surface area contributed by atoms with Crippen LogP contribution in [-0.2, 0) is 24.4 Å². The summed E-state index contributed by atoms with van der Waals surface area (Å²) in [7, 11) is -5.92. The van der Waals surface area contributed by atoms with Crippen LogP contribution in [0.1, 0.15) is 26.5 Å². The topological polar surface area (TPSA) is 167 Å². The minimum Gasteiger partial charge on any atom is -0.464 e. The molecule has 0 fully saturated rings. The van der Waals surface area contributed by atoms with Crippen LogP contribution >= 0.6 is 0 Å². The fraction of sp³-hybridized carbons (Fsp3) is 0.167. The fourth-order valence-electron chi connectivity index (χ4n) is 3.04. The van der Waals surface area contributed by atoms with Crippen molar-refractivity contribution >= 4 is 31.6 Å². The molecule has 0 aliphatic heterocycles. The first-order valence-corrected chi connectivity index (χ1v) is 14.8. The molecule has 0 radical (unpaired) electrons. The number of nitrogens with one attached hydrogen (secondary N) is 1. The number of aromatic nitrogens is 4. The van der Waals surface area contributed by atoms with E-state index in [0.29, 0.717) is 11.3 Å². The van der Waals surface area contributed by atoms with E-state index in [-0.39, 0.29) is 27.2 Å². The molecular weight excluding hydrogens is 574 g/mol. The van der Waals surface area contributed by atoms with Crippen LogP contribution in [0.3, 0.4) is 0 Å². The standard InChI is InChI=1S/2C12H11FN2O4S/c1-19-12(16)10-7-11(20(2,17)18)15(14-10)9-5-3-8(13)4-6-9;1-7-5-8(3-4-9(7)13)19-12(16)10-6-11(15-14-10)20(2,17)18/h3-7H,1-2H3;3-6H,1-2H3,(H,14,15). The second kappa shape index (κ2) is 11.7. The molecule has 40 heavy (non-hydrogen) atoms. The quantitative estimate of drug-likeness (QED) is 0.258. The van der Waals surface area contributed by atoms with Crippen molar-refractivity contribution in [2.24, 2.45) is 0 Å². The third-order valence-electron chi connectivity index (χ3n) is 5.03. The molecule has 0 spiro atoms. The summed E-state index contributed by atoms with van der Waals surface area (Å²) in [5.74, 6) is -2.31. The van der Waals surface area contributed by atoms with Gasteiger partial charge in [-0.1, -0.05) is 0 Å². The molecule has 0 aliphatic rings. The Labute approximate surface area is 227 Å². The van der Waals surface area contributed by atoms with E-state index in [0.717, 1.165) is 29.3 Å². The normalized spacial score (nSPS) is 11.3. The van der Waals surface area contributed by atoms with Gasteiger partial charge in [0.2, 0.25) is 0 Å². The number of carbonyl (C=O) groups excluding carboxylic acids is 2. The number of H-pyrrole nitrogens is 1. The number of halogens is 2. The summed E-state index contributed by atoms with van der Waals surface area (Å²) in [5.41, 5.74) is 0.334. The number of nitrogens with zero attached hydrogens (tertiary/aromatic N) is 3. The predicted octanol–water partition coefficient (Wildman–Crippen LogP) is 2.68. The molecular formula is C24H22F2N4O8S2. The number of hydrogen-bond donors (Lipinski definition) is 1. The fourth-order valence-corrected chi connectivity index (χ4v) is 4.36. The van der Waals surface area contributed by atoms with Gasteiger partial charge >= 0.3 is 11.9 Å². The van der Waals surface area contributed by atoms with Crippen molar-refractivity contribution in [3.63, 3.8) is 0 Å². The predicted molar refractivity (Wildman–Crippen MR) is 136 cm³/mol. The molecule has 2 aromatic carbocycles. The summed E-state index contributed by atoms with van der Waals surface area (Å²) in [4.78, 5) is 23.2. The first kappa shape index (κ1) is 30.1. The van der Waals surface area contributed by atoms with Crippen molar-refractivity contribution in [2.75, 3.05) is 19.6 Å². The van der Waals surface area contributed by atoms with E-state index in [2.05, 4.69) is 20.0 Å². The number of benzene rings is 2. The van der Waals surface area contributed by atoms with Crippen molar-refractivity contribution in [1.82, 2.24) is 20.0 Å². The first-order chi connectivity index (χ1) is 18.6. The molecule has 0 saturated carbocycles. The summed E-state index contributed by atoms with van der Waals surface area (Å²) in [6.45, 7) is 1.53. The van der Waals surface area contributed by atoms with Crippen LogP contribution in [0.2, 0.25) is 0 Å². The van der Waals surface area contributed by atoms with Gasteiger partial charge in [0.15, 0.2) is 41.1 Å². The number of carbonyl (C=O) groups is 2. The SMILES string of the molecule is COC(=O)c1cc(S(C)(=O)=O)n(-c2ccc(F)cc2)n1.Cc1cc(OC(=O)c2cc(S(C)(=O)=O)[nH]n2)ccc1F. The van der Waals surface area contributed by atoms with Crippen molar-refractivity contribution in [3.8, 4) is 11.4 Å². The number of sulfone groups is 2. The Bertz CT molecular complexity index is 1780. The minimum absolute atomic E-state index is 0.141. The molecule has 2 heterocycles. The van der Waals surface area contributed by atoms with Crippen LogP contribution in [0.15, 0.2) is 64.6 Å². The Hall–Kier alpha value is -4.44. The number of ether oxygens (including phenoxy) is 2. The van der Waals surface area contributed by atoms with Gasteiger partial charge in [0.1, 0.15) is 17.4 Å². The van der Waals surface area contributed by atoms with Gasteiger partial charge in [0, 0.05) is 24.6 Å². The van der Waals surface area contributed by atoms with E-state index in [1.165, 1.54) is 56.5 Å². The van der Waals surface area contributed by atoms with E-state index in [1.807, 2.05) is 0 Å². The Morgan fingerprint density at radius 2 is 1.52 bits per heavy atom. The molecule has 12 nitrogen and oxygen atoms in total. The molecule has 0 atom stereocenters. The molecule has 0 unspecified atom stereocenters. The van der Waals surface area contributed by atoms with E-state index >= 15 is 0 Å². The molecule has 2 aromatic heterocycles. The average molecular weight is 597 g/mol. The van der Waals surface area contributed by atoms with Gasteiger partial charge in [-0.25, -0.2) is 39.9 Å². The van der Waals surface area contributed by atoms with Crippen molar-refractivity contribution in [2.45, 2.75) is 17.0 Å². The molecule has 0 amide bonds. The third kappa shape index (κ3) is 7.35. The van der Waals surface area contributed by atoms with E-state index in [9.17, 15) is 35.2 Å². The van der Waals surface area contributed by atoms with Crippen LogP contribution in [0.25, 0.3) is 5.69 Å². The molecule has 16 heteroatoms. The summed E-state index contributed by atoms with van der Waals surface area (Å²) < 4.78 is 82.5. The summed E-state index contributed by atoms with van der Waals surface area (Å²) in [6.07, 6.45) is 1.98. The monoisotopic (exact) mass is 596 g/mol. The Kier molecular flexibility index (Phi) is 8.84. The number of aryl methyl sites for hydroxylation is 1. The molecule has 4 rings (SSSR count). The maximum absolute atomic E-state index is 13.1. The van der Waals surface area contributed by atoms with Gasteiger partial charge in [0.25, 0.3) is 0 Å². The van der Waals surface area contributed by atoms with Crippen LogP contribution in [-0.4, -0.2) is 68.4 Å². The van der Waals surface area contributed by atoms with Crippen LogP contribution in [0.4, 0.5) is 8.78 Å². The number of esters is 2. The van der Waals surface area contributed by atoms with Crippen molar-refractivity contribution < 1.29 is 44.7 Å². The van der Waals surface area contributed by atoms with Crippen LogP contribution in [0.5, 0.6) is 5.75 Å². The largest absolute Gasteiger partial charge is 0.464 e. The van der Waals surface area contributed by atoms with Crippen LogP contribution < -0.4 is 4.74 Å². The number of aromatic amines is 1. The lowest BCUT2D eigenvalue weighted by Crippen LogP contribution is -2.09. The van der Waals surface area contributed by atoms with Gasteiger partial charge in [-0.15, -0.1) is 0 Å². The highest BCUT2D eigenvalue weighted by atomic mass is 32.2. The van der Waals surface area contributed by atoms with Gasteiger partial charge in [-0.2, -0.15) is 10.2 Å². The molecule has 1 N–H and O–H groups in total. The zero-order chi connectivity index (χ0) is 29.8. The number of rotatable bonds is 6. The summed E-state index contributed by atoms with van der Waals surface area (Å²) >= 11 is 0. The molecule has 0 aliphatic carbocycles. The van der Waals surface area contributed by atoms with E-state index in [1.54, 1.807) is 0 Å². The number of hydrogen-bond acceptors (Lipinski definition) is 10. The van der Waals surface area contributed by atoms with E-state index in [4.69, 9.17) is 4.74 Å². The van der Waals surface area contributed by atoms with E-state index < -0.39 is 43.2 Å². The lowest BCUT2D eigenvalue weighted by molar-refractivity contribution is 0.0593. The molecule has 0 saturated heterocycles. The lowest BCUT2D eigenvalue weighted by Gasteiger charge is -2.05. The first-order valence-electron chi connectivity index (χ1n) is 11.0. The van der Waals surface area contributed by atoms with Crippen molar-refractivity contribution in [1.29, 1.82) is 0 Å². The number of methoxy groups -OCH3 is 1. The lowest BCUT2D eigenvalue weighted by atomic mass is 10.2. The van der Waals surface area contributed by atoms with Crippen LogP contribution in [0, 0.1) is 18.6 Å². The Balaban J connectivity index is 0.000000220. The molecule has 4 aromatic rings. The highest BCUT2D eigenvalue weighted by Gasteiger charge is 2.22. The maximum atomic E-state index is 13.1. The smallest absolute Gasteiger partial charge is 0.364 e. The van der Waals surface area contributed by atoms with Gasteiger partial charge < -0.3 is 9.47 Å².